The Bertz CT molecular complexity index is 2540. The summed E-state index contributed by atoms with van der Waals surface area (Å²) in [4.78, 5) is 13.6. The number of pyridine rings is 2. The van der Waals surface area contributed by atoms with Gasteiger partial charge in [-0.1, -0.05) is 48.5 Å². The zero-order valence-electron chi connectivity index (χ0n) is 26.8. The van der Waals surface area contributed by atoms with Crippen LogP contribution in [0.3, 0.4) is 0 Å². The van der Waals surface area contributed by atoms with Gasteiger partial charge in [0.05, 0.1) is 11.4 Å². The Morgan fingerprint density at radius 1 is 0.340 bits per heavy atom. The number of rotatable bonds is 6. The highest BCUT2D eigenvalue weighted by Crippen LogP contribution is 2.44. The molecule has 0 spiro atoms. The van der Waals surface area contributed by atoms with Crippen LogP contribution in [0.2, 0.25) is 0 Å². The quantitative estimate of drug-likeness (QED) is 0.179. The smallest absolute Gasteiger partial charge is 0.137 e. The van der Waals surface area contributed by atoms with Gasteiger partial charge in [0.1, 0.15) is 34.0 Å². The highest BCUT2D eigenvalue weighted by atomic mass is 16.3. The third-order valence-corrected chi connectivity index (χ3v) is 9.34. The third-order valence-electron chi connectivity index (χ3n) is 9.34. The van der Waals surface area contributed by atoms with Crippen LogP contribution in [0.5, 0.6) is 0 Å². The first kappa shape index (κ1) is 28.1. The lowest BCUT2D eigenvalue weighted by molar-refractivity contribution is 0.668. The average molecular weight is 645 g/mol. The van der Waals surface area contributed by atoms with E-state index in [1.54, 1.807) is 0 Å². The zero-order chi connectivity index (χ0) is 33.0. The molecule has 0 unspecified atom stereocenters. The third kappa shape index (κ3) is 4.50. The fourth-order valence-electron chi connectivity index (χ4n) is 7.16. The highest BCUT2D eigenvalue weighted by Gasteiger charge is 2.20. The first-order valence-electron chi connectivity index (χ1n) is 16.6. The van der Waals surface area contributed by atoms with Crippen molar-refractivity contribution >= 4 is 89.0 Å². The normalized spacial score (nSPS) is 11.6. The fraction of sp³-hybridized carbons (Fsp3) is 0. The monoisotopic (exact) mass is 644 g/mol. The molecule has 0 bridgehead atoms. The van der Waals surface area contributed by atoms with Crippen LogP contribution >= 0.6 is 0 Å². The predicted octanol–water partition coefficient (Wildman–Crippen LogP) is 12.4. The van der Waals surface area contributed by atoms with Crippen molar-refractivity contribution in [3.8, 4) is 0 Å². The number of para-hydroxylation sites is 2. The van der Waals surface area contributed by atoms with E-state index in [2.05, 4.69) is 105 Å². The summed E-state index contributed by atoms with van der Waals surface area (Å²) in [5.41, 5.74) is 7.32. The lowest BCUT2D eigenvalue weighted by Gasteiger charge is -2.24. The summed E-state index contributed by atoms with van der Waals surface area (Å²) in [7, 11) is 0. The van der Waals surface area contributed by atoms with E-state index in [9.17, 15) is 0 Å². The van der Waals surface area contributed by atoms with Crippen LogP contribution in [-0.2, 0) is 0 Å². The van der Waals surface area contributed by atoms with E-state index in [1.807, 2.05) is 85.2 Å². The van der Waals surface area contributed by atoms with Gasteiger partial charge in [-0.3, -0.25) is 9.80 Å². The van der Waals surface area contributed by atoms with Gasteiger partial charge >= 0.3 is 0 Å². The Morgan fingerprint density at radius 3 is 1.18 bits per heavy atom. The van der Waals surface area contributed by atoms with Gasteiger partial charge in [-0.25, -0.2) is 9.97 Å². The molecule has 10 rings (SSSR count). The molecule has 0 amide bonds. The summed E-state index contributed by atoms with van der Waals surface area (Å²) >= 11 is 0. The number of hydrogen-bond acceptors (Lipinski definition) is 6. The molecule has 0 saturated carbocycles. The lowest BCUT2D eigenvalue weighted by Crippen LogP contribution is -2.11. The Balaban J connectivity index is 1.12. The van der Waals surface area contributed by atoms with Crippen LogP contribution in [0.15, 0.2) is 179 Å². The van der Waals surface area contributed by atoms with Gasteiger partial charge in [0.2, 0.25) is 0 Å². The van der Waals surface area contributed by atoms with Gasteiger partial charge in [0.15, 0.2) is 0 Å². The minimum atomic E-state index is 0.819. The molecule has 6 nitrogen and oxygen atoms in total. The number of aromatic nitrogens is 2. The summed E-state index contributed by atoms with van der Waals surface area (Å²) in [6, 6.07) is 53.8. The maximum Gasteiger partial charge on any atom is 0.137 e. The van der Waals surface area contributed by atoms with Crippen molar-refractivity contribution in [1.82, 2.24) is 9.97 Å². The van der Waals surface area contributed by atoms with Crippen LogP contribution in [0.1, 0.15) is 0 Å². The second kappa shape index (κ2) is 11.4. The van der Waals surface area contributed by atoms with Gasteiger partial charge in [-0.05, 0) is 108 Å². The van der Waals surface area contributed by atoms with Gasteiger partial charge < -0.3 is 8.83 Å². The molecule has 236 valence electrons. The molecule has 10 aromatic rings. The van der Waals surface area contributed by atoms with E-state index in [4.69, 9.17) is 8.83 Å². The standard InChI is InChI=1S/C44H28N4O2/c1-3-11-29(12-4-1)47(41-15-7-9-25-45-41)31-17-19-35-39(27-31)49-37-23-21-34-33(43(35)37)22-24-38-44(34)36-20-18-32(28-40(36)50-38)48(30-13-5-2-6-14-30)42-16-8-10-26-46-42/h1-28H. The van der Waals surface area contributed by atoms with Gasteiger partial charge in [-0.2, -0.15) is 0 Å². The minimum Gasteiger partial charge on any atom is -0.456 e. The zero-order valence-corrected chi connectivity index (χ0v) is 26.8. The van der Waals surface area contributed by atoms with Crippen molar-refractivity contribution < 1.29 is 8.83 Å². The summed E-state index contributed by atoms with van der Waals surface area (Å²) in [5.74, 6) is 1.67. The minimum absolute atomic E-state index is 0.819. The van der Waals surface area contributed by atoms with Gasteiger partial charge in [0.25, 0.3) is 0 Å². The first-order chi connectivity index (χ1) is 24.8. The summed E-state index contributed by atoms with van der Waals surface area (Å²) < 4.78 is 13.1. The molecule has 4 heterocycles. The molecular formula is C44H28N4O2. The Hall–Kier alpha value is -6.92. The number of hydrogen-bond donors (Lipinski definition) is 0. The Morgan fingerprint density at radius 2 is 0.760 bits per heavy atom. The van der Waals surface area contributed by atoms with E-state index >= 15 is 0 Å². The summed E-state index contributed by atoms with van der Waals surface area (Å²) in [6.07, 6.45) is 3.63. The van der Waals surface area contributed by atoms with Crippen molar-refractivity contribution in [3.05, 3.63) is 170 Å². The maximum atomic E-state index is 6.55. The number of anilines is 6. The van der Waals surface area contributed by atoms with E-state index in [-0.39, 0.29) is 0 Å². The largest absolute Gasteiger partial charge is 0.456 e. The molecule has 0 aliphatic heterocycles. The molecule has 0 atom stereocenters. The van der Waals surface area contributed by atoms with E-state index in [1.165, 1.54) is 0 Å². The second-order valence-corrected chi connectivity index (χ2v) is 12.3. The Kier molecular flexibility index (Phi) is 6.39. The van der Waals surface area contributed by atoms with Crippen LogP contribution in [0.4, 0.5) is 34.4 Å². The molecular weight excluding hydrogens is 617 g/mol. The Labute approximate surface area is 287 Å². The SMILES string of the molecule is c1ccc(N(c2ccc3c(c2)oc2ccc4c(ccc5oc6cc(N(c7ccccc7)c7ccccn7)ccc6c54)c23)c2ccccn2)cc1. The molecule has 4 aromatic heterocycles. The van der Waals surface area contributed by atoms with Gasteiger partial charge in [-0.15, -0.1) is 0 Å². The van der Waals surface area contributed by atoms with Crippen LogP contribution < -0.4 is 9.80 Å². The molecule has 0 fully saturated rings. The van der Waals surface area contributed by atoms with E-state index < -0.39 is 0 Å². The predicted molar refractivity (Wildman–Crippen MR) is 203 cm³/mol. The molecule has 0 aliphatic carbocycles. The molecule has 0 radical (unpaired) electrons. The van der Waals surface area contributed by atoms with Crippen molar-refractivity contribution in [2.45, 2.75) is 0 Å². The number of fused-ring (bicyclic) bond motifs is 9. The lowest BCUT2D eigenvalue weighted by atomic mass is 9.99. The molecule has 0 saturated heterocycles. The van der Waals surface area contributed by atoms with E-state index in [0.717, 1.165) is 89.0 Å². The number of benzene rings is 6. The molecule has 6 heteroatoms. The van der Waals surface area contributed by atoms with Crippen molar-refractivity contribution in [3.63, 3.8) is 0 Å². The molecule has 6 aromatic carbocycles. The van der Waals surface area contributed by atoms with Crippen LogP contribution in [-0.4, -0.2) is 9.97 Å². The van der Waals surface area contributed by atoms with Crippen molar-refractivity contribution in [1.29, 1.82) is 0 Å². The van der Waals surface area contributed by atoms with E-state index in [0.29, 0.717) is 0 Å². The number of furan rings is 2. The maximum absolute atomic E-state index is 6.55. The van der Waals surface area contributed by atoms with Crippen molar-refractivity contribution in [2.75, 3.05) is 9.80 Å². The average Bonchev–Trinajstić information content (AvgIpc) is 3.75. The van der Waals surface area contributed by atoms with Crippen LogP contribution in [0, 0.1) is 0 Å². The topological polar surface area (TPSA) is 58.5 Å². The summed E-state index contributed by atoms with van der Waals surface area (Å²) in [5, 5.41) is 6.55. The highest BCUT2D eigenvalue weighted by molar-refractivity contribution is 6.27. The second-order valence-electron chi connectivity index (χ2n) is 12.3. The van der Waals surface area contributed by atoms with Crippen LogP contribution in [0.25, 0.3) is 54.6 Å². The first-order valence-corrected chi connectivity index (χ1v) is 16.6. The molecule has 0 N–H and O–H groups in total. The number of nitrogens with zero attached hydrogens (tertiary/aromatic N) is 4. The molecule has 50 heavy (non-hydrogen) atoms. The fourth-order valence-corrected chi connectivity index (χ4v) is 7.16. The molecule has 0 aliphatic rings. The van der Waals surface area contributed by atoms with Gasteiger partial charge in [0, 0.05) is 57.4 Å². The summed E-state index contributed by atoms with van der Waals surface area (Å²) in [6.45, 7) is 0. The van der Waals surface area contributed by atoms with Crippen molar-refractivity contribution in [2.24, 2.45) is 0 Å².